The van der Waals surface area contributed by atoms with Crippen molar-refractivity contribution in [2.75, 3.05) is 6.61 Å². The van der Waals surface area contributed by atoms with E-state index < -0.39 is 60.8 Å². The maximum Gasteiger partial charge on any atom is 0.326 e. The monoisotopic (exact) mass is 347 g/mol. The molecule has 0 spiro atoms. The molecule has 0 aliphatic carbocycles. The van der Waals surface area contributed by atoms with E-state index in [2.05, 4.69) is 10.6 Å². The van der Waals surface area contributed by atoms with E-state index in [9.17, 15) is 24.0 Å². The van der Waals surface area contributed by atoms with Gasteiger partial charge in [0.05, 0.1) is 19.1 Å². The molecule has 12 nitrogen and oxygen atoms in total. The van der Waals surface area contributed by atoms with E-state index in [0.29, 0.717) is 0 Å². The second-order valence-electron chi connectivity index (χ2n) is 4.93. The summed E-state index contributed by atoms with van der Waals surface area (Å²) in [6, 6.07) is -4.25. The lowest BCUT2D eigenvalue weighted by atomic mass is 10.1. The van der Waals surface area contributed by atoms with Crippen molar-refractivity contribution in [1.29, 1.82) is 0 Å². The van der Waals surface area contributed by atoms with E-state index in [1.165, 1.54) is 0 Å². The minimum absolute atomic E-state index is 0.260. The normalized spacial score (nSPS) is 14.1. The molecule has 0 aromatic rings. The van der Waals surface area contributed by atoms with Crippen molar-refractivity contribution in [1.82, 2.24) is 10.6 Å². The number of nitrogens with two attached hydrogens (primary N) is 3. The fraction of sp³-hybridized carbons (Fsp3) is 0.583. The van der Waals surface area contributed by atoms with Crippen LogP contribution in [0.4, 0.5) is 0 Å². The molecule has 0 aliphatic heterocycles. The van der Waals surface area contributed by atoms with Gasteiger partial charge >= 0.3 is 5.97 Å². The van der Waals surface area contributed by atoms with Gasteiger partial charge < -0.3 is 38.0 Å². The molecule has 0 aliphatic rings. The summed E-state index contributed by atoms with van der Waals surface area (Å²) in [5, 5.41) is 22.2. The summed E-state index contributed by atoms with van der Waals surface area (Å²) in [5.41, 5.74) is 15.2. The summed E-state index contributed by atoms with van der Waals surface area (Å²) < 4.78 is 0. The van der Waals surface area contributed by atoms with Crippen LogP contribution in [0.1, 0.15) is 19.3 Å². The maximum atomic E-state index is 11.9. The minimum atomic E-state index is -1.49. The number of primary amides is 2. The predicted octanol–water partition coefficient (Wildman–Crippen LogP) is -4.50. The SMILES string of the molecule is NC(=O)CC[C@H](NC(=O)[C@H](CO)NC(=O)[C@@H](N)CC(N)=O)C(=O)O. The van der Waals surface area contributed by atoms with Crippen LogP contribution >= 0.6 is 0 Å². The molecular weight excluding hydrogens is 326 g/mol. The van der Waals surface area contributed by atoms with Crippen molar-refractivity contribution < 1.29 is 34.2 Å². The van der Waals surface area contributed by atoms with E-state index in [0.717, 1.165) is 0 Å². The molecule has 4 amide bonds. The summed E-state index contributed by atoms with van der Waals surface area (Å²) in [6.07, 6.45) is -1.01. The van der Waals surface area contributed by atoms with Crippen molar-refractivity contribution in [3.63, 3.8) is 0 Å². The number of aliphatic hydroxyl groups excluding tert-OH is 1. The van der Waals surface area contributed by atoms with Crippen LogP contribution in [-0.4, -0.2) is 64.5 Å². The molecule has 136 valence electrons. The summed E-state index contributed by atoms with van der Waals surface area (Å²) >= 11 is 0. The molecular formula is C12H21N5O7. The molecule has 0 rings (SSSR count). The van der Waals surface area contributed by atoms with Crippen LogP contribution in [0, 0.1) is 0 Å². The van der Waals surface area contributed by atoms with Gasteiger partial charge in [0.15, 0.2) is 0 Å². The summed E-state index contributed by atoms with van der Waals surface area (Å²) in [4.78, 5) is 56.0. The predicted molar refractivity (Wildman–Crippen MR) is 78.8 cm³/mol. The fourth-order valence-electron chi connectivity index (χ4n) is 1.60. The number of aliphatic carboxylic acids is 1. The Balaban J connectivity index is 4.76. The van der Waals surface area contributed by atoms with Gasteiger partial charge in [-0.3, -0.25) is 19.2 Å². The van der Waals surface area contributed by atoms with Crippen molar-refractivity contribution in [3.05, 3.63) is 0 Å². The van der Waals surface area contributed by atoms with Gasteiger partial charge in [-0.15, -0.1) is 0 Å². The number of hydrogen-bond donors (Lipinski definition) is 7. The van der Waals surface area contributed by atoms with Crippen LogP contribution < -0.4 is 27.8 Å². The first kappa shape index (κ1) is 21.3. The number of carbonyl (C=O) groups excluding carboxylic acids is 4. The molecule has 0 radical (unpaired) electrons. The molecule has 10 N–H and O–H groups in total. The highest BCUT2D eigenvalue weighted by Gasteiger charge is 2.28. The lowest BCUT2D eigenvalue weighted by Crippen LogP contribution is -2.56. The Kier molecular flexibility index (Phi) is 8.97. The quantitative estimate of drug-likeness (QED) is 0.192. The number of aliphatic hydroxyl groups is 1. The van der Waals surface area contributed by atoms with Gasteiger partial charge in [0.25, 0.3) is 0 Å². The number of carboxylic acid groups (broad SMARTS) is 1. The molecule has 3 atom stereocenters. The third kappa shape index (κ3) is 8.05. The second-order valence-corrected chi connectivity index (χ2v) is 4.93. The Morgan fingerprint density at radius 2 is 1.46 bits per heavy atom. The van der Waals surface area contributed by atoms with Crippen LogP contribution in [0.2, 0.25) is 0 Å². The third-order valence-electron chi connectivity index (χ3n) is 2.87. The number of carbonyl (C=O) groups is 5. The maximum absolute atomic E-state index is 11.9. The largest absolute Gasteiger partial charge is 0.480 e. The summed E-state index contributed by atoms with van der Waals surface area (Å²) in [5.74, 6) is -4.93. The van der Waals surface area contributed by atoms with Gasteiger partial charge in [-0.1, -0.05) is 0 Å². The molecule has 0 bridgehead atoms. The first-order valence-corrected chi connectivity index (χ1v) is 6.85. The van der Waals surface area contributed by atoms with Gasteiger partial charge in [-0.2, -0.15) is 0 Å². The van der Waals surface area contributed by atoms with Crippen LogP contribution in [0.25, 0.3) is 0 Å². The molecule has 0 saturated heterocycles. The van der Waals surface area contributed by atoms with E-state index >= 15 is 0 Å². The molecule has 0 heterocycles. The number of rotatable bonds is 11. The number of nitrogens with one attached hydrogen (secondary N) is 2. The Labute approximate surface area is 136 Å². The van der Waals surface area contributed by atoms with Crippen LogP contribution in [-0.2, 0) is 24.0 Å². The Morgan fingerprint density at radius 1 is 0.917 bits per heavy atom. The molecule has 0 aromatic carbocycles. The Hall–Kier alpha value is -2.73. The molecule has 24 heavy (non-hydrogen) atoms. The first-order valence-electron chi connectivity index (χ1n) is 6.85. The number of amides is 4. The van der Waals surface area contributed by atoms with Crippen LogP contribution in [0.15, 0.2) is 0 Å². The molecule has 0 fully saturated rings. The van der Waals surface area contributed by atoms with Gasteiger partial charge in [-0.25, -0.2) is 4.79 Å². The van der Waals surface area contributed by atoms with E-state index in [1.54, 1.807) is 0 Å². The van der Waals surface area contributed by atoms with Crippen molar-refractivity contribution >= 4 is 29.6 Å². The van der Waals surface area contributed by atoms with Gasteiger partial charge in [0.1, 0.15) is 12.1 Å². The van der Waals surface area contributed by atoms with Crippen LogP contribution in [0.3, 0.4) is 0 Å². The topological polar surface area (TPSA) is 228 Å². The summed E-state index contributed by atoms with van der Waals surface area (Å²) in [6.45, 7) is -0.844. The Bertz CT molecular complexity index is 510. The molecule has 0 saturated carbocycles. The van der Waals surface area contributed by atoms with E-state index in [-0.39, 0.29) is 12.8 Å². The van der Waals surface area contributed by atoms with Crippen molar-refractivity contribution in [2.24, 2.45) is 17.2 Å². The number of hydrogen-bond acceptors (Lipinski definition) is 7. The first-order chi connectivity index (χ1) is 11.1. The average molecular weight is 347 g/mol. The Morgan fingerprint density at radius 3 is 1.88 bits per heavy atom. The highest BCUT2D eigenvalue weighted by atomic mass is 16.4. The summed E-state index contributed by atoms with van der Waals surface area (Å²) in [7, 11) is 0. The van der Waals surface area contributed by atoms with Crippen molar-refractivity contribution in [3.8, 4) is 0 Å². The molecule has 12 heteroatoms. The van der Waals surface area contributed by atoms with Gasteiger partial charge in [0, 0.05) is 6.42 Å². The van der Waals surface area contributed by atoms with Crippen LogP contribution in [0.5, 0.6) is 0 Å². The highest BCUT2D eigenvalue weighted by molar-refractivity contribution is 5.93. The zero-order valence-corrected chi connectivity index (χ0v) is 12.7. The lowest BCUT2D eigenvalue weighted by molar-refractivity contribution is -0.142. The highest BCUT2D eigenvalue weighted by Crippen LogP contribution is 1.99. The molecule has 0 aromatic heterocycles. The van der Waals surface area contributed by atoms with E-state index in [1.807, 2.05) is 0 Å². The third-order valence-corrected chi connectivity index (χ3v) is 2.87. The average Bonchev–Trinajstić information content (AvgIpc) is 2.47. The smallest absolute Gasteiger partial charge is 0.326 e. The zero-order valence-electron chi connectivity index (χ0n) is 12.7. The zero-order chi connectivity index (χ0) is 18.9. The fourth-order valence-corrected chi connectivity index (χ4v) is 1.60. The van der Waals surface area contributed by atoms with E-state index in [4.69, 9.17) is 27.4 Å². The number of carboxylic acids is 1. The van der Waals surface area contributed by atoms with Crippen molar-refractivity contribution in [2.45, 2.75) is 37.4 Å². The molecule has 0 unspecified atom stereocenters. The minimum Gasteiger partial charge on any atom is -0.480 e. The van der Waals surface area contributed by atoms with Gasteiger partial charge in [-0.05, 0) is 6.42 Å². The van der Waals surface area contributed by atoms with Gasteiger partial charge in [0.2, 0.25) is 23.6 Å². The standard InChI is InChI=1S/C12H21N5O7/c13-5(3-9(15)20)10(21)17-7(4-18)11(22)16-6(12(23)24)1-2-8(14)19/h5-7,18H,1-4,13H2,(H2,14,19)(H2,15,20)(H,16,22)(H,17,21)(H,23,24)/t5-,6-,7-/m0/s1. The lowest BCUT2D eigenvalue weighted by Gasteiger charge is -2.21. The second kappa shape index (κ2) is 10.1.